The lowest BCUT2D eigenvalue weighted by Gasteiger charge is -2.19. The van der Waals surface area contributed by atoms with Crippen LogP contribution in [0, 0.1) is 23.2 Å². The Labute approximate surface area is 202 Å². The zero-order valence-electron chi connectivity index (χ0n) is 19.3. The molecule has 2 saturated heterocycles. The molecule has 178 valence electrons. The number of nitrogens with one attached hydrogen (secondary N) is 2. The van der Waals surface area contributed by atoms with E-state index < -0.39 is 5.83 Å². The molecule has 0 radical (unpaired) electrons. The SMILES string of the molecule is C=C/C(C#N)=C(\C(F)=C/C)c1cc(Nc2ccc(N3CC4COCC4C3)nc2)c2c(n1)CNC2=O. The number of halogens is 1. The van der Waals surface area contributed by atoms with Crippen molar-refractivity contribution in [3.63, 3.8) is 0 Å². The van der Waals surface area contributed by atoms with Crippen molar-refractivity contribution in [1.29, 1.82) is 5.26 Å². The fourth-order valence-corrected chi connectivity index (χ4v) is 4.87. The number of amides is 1. The van der Waals surface area contributed by atoms with Gasteiger partial charge < -0.3 is 20.3 Å². The van der Waals surface area contributed by atoms with Gasteiger partial charge in [0.2, 0.25) is 0 Å². The minimum atomic E-state index is -0.594. The first-order valence-corrected chi connectivity index (χ1v) is 11.5. The molecule has 9 heteroatoms. The fraction of sp³-hybridized carbons (Fsp3) is 0.308. The minimum absolute atomic E-state index is 0.0345. The molecule has 0 saturated carbocycles. The molecular weight excluding hydrogens is 447 g/mol. The number of hydrogen-bond acceptors (Lipinski definition) is 7. The number of hydrogen-bond donors (Lipinski definition) is 2. The lowest BCUT2D eigenvalue weighted by molar-refractivity contribution is 0.0966. The Morgan fingerprint density at radius 1 is 1.37 bits per heavy atom. The summed E-state index contributed by atoms with van der Waals surface area (Å²) in [7, 11) is 0. The molecule has 3 aliphatic rings. The molecule has 5 heterocycles. The summed E-state index contributed by atoms with van der Waals surface area (Å²) in [4.78, 5) is 23.9. The Bertz CT molecular complexity index is 1280. The van der Waals surface area contributed by atoms with Gasteiger partial charge in [0.05, 0.1) is 71.5 Å². The molecule has 0 bridgehead atoms. The van der Waals surface area contributed by atoms with Gasteiger partial charge in [0.25, 0.3) is 5.91 Å². The summed E-state index contributed by atoms with van der Waals surface area (Å²) in [6.07, 6.45) is 4.28. The minimum Gasteiger partial charge on any atom is -0.381 e. The van der Waals surface area contributed by atoms with Crippen molar-refractivity contribution in [3.05, 3.63) is 71.5 Å². The number of carbonyl (C=O) groups is 1. The monoisotopic (exact) mass is 472 g/mol. The van der Waals surface area contributed by atoms with E-state index in [4.69, 9.17) is 4.74 Å². The van der Waals surface area contributed by atoms with Crippen LogP contribution in [0.25, 0.3) is 5.57 Å². The van der Waals surface area contributed by atoms with Crippen molar-refractivity contribution < 1.29 is 13.9 Å². The molecule has 0 aromatic carbocycles. The van der Waals surface area contributed by atoms with Gasteiger partial charge in [-0.2, -0.15) is 5.26 Å². The van der Waals surface area contributed by atoms with Crippen LogP contribution in [0.5, 0.6) is 0 Å². The van der Waals surface area contributed by atoms with E-state index in [1.165, 1.54) is 12.2 Å². The van der Waals surface area contributed by atoms with Crippen LogP contribution in [0.2, 0.25) is 0 Å². The summed E-state index contributed by atoms with van der Waals surface area (Å²) >= 11 is 0. The van der Waals surface area contributed by atoms with Crippen molar-refractivity contribution >= 4 is 28.7 Å². The number of allylic oxidation sites excluding steroid dienone is 5. The zero-order valence-corrected chi connectivity index (χ0v) is 19.3. The Balaban J connectivity index is 1.47. The average Bonchev–Trinajstić information content (AvgIpc) is 3.58. The second kappa shape index (κ2) is 9.31. The molecule has 3 aliphatic heterocycles. The largest absolute Gasteiger partial charge is 0.381 e. The number of aromatic nitrogens is 2. The summed E-state index contributed by atoms with van der Waals surface area (Å²) in [5.74, 6) is 1.15. The van der Waals surface area contributed by atoms with E-state index in [0.717, 1.165) is 32.1 Å². The summed E-state index contributed by atoms with van der Waals surface area (Å²) in [6, 6.07) is 7.41. The number of nitriles is 1. The van der Waals surface area contributed by atoms with E-state index in [1.54, 1.807) is 19.2 Å². The molecule has 2 unspecified atom stereocenters. The molecule has 2 aromatic heterocycles. The molecular formula is C26H25FN6O2. The number of anilines is 3. The molecule has 35 heavy (non-hydrogen) atoms. The number of rotatable bonds is 6. The highest BCUT2D eigenvalue weighted by atomic mass is 19.1. The van der Waals surface area contributed by atoms with Gasteiger partial charge in [-0.15, -0.1) is 0 Å². The molecule has 2 aromatic rings. The summed E-state index contributed by atoms with van der Waals surface area (Å²) < 4.78 is 20.4. The van der Waals surface area contributed by atoms with Gasteiger partial charge in [0.15, 0.2) is 0 Å². The van der Waals surface area contributed by atoms with Gasteiger partial charge in [0.1, 0.15) is 11.6 Å². The van der Waals surface area contributed by atoms with Gasteiger partial charge in [-0.05, 0) is 25.1 Å². The first-order valence-electron chi connectivity index (χ1n) is 11.5. The third kappa shape index (κ3) is 4.17. The van der Waals surface area contributed by atoms with Crippen molar-refractivity contribution in [2.24, 2.45) is 11.8 Å². The molecule has 0 spiro atoms. The number of pyridine rings is 2. The van der Waals surface area contributed by atoms with Gasteiger partial charge in [0, 0.05) is 24.9 Å². The first kappa shape index (κ1) is 22.7. The lowest BCUT2D eigenvalue weighted by Crippen LogP contribution is -2.23. The van der Waals surface area contributed by atoms with Crippen LogP contribution in [0.15, 0.2) is 54.5 Å². The molecule has 0 aliphatic carbocycles. The number of ether oxygens (including phenoxy) is 1. The smallest absolute Gasteiger partial charge is 0.255 e. The molecule has 2 N–H and O–H groups in total. The van der Waals surface area contributed by atoms with Crippen LogP contribution in [0.1, 0.15) is 28.7 Å². The average molecular weight is 473 g/mol. The standard InChI is InChI=1S/C26H25FN6O2/c1-3-15(8-28)24(19(27)4-2)20-7-21(25-22(32-20)10-30-26(25)34)31-18-5-6-23(29-9-18)33-11-16-13-35-14-17(16)12-33/h3-7,9,16-17H,1,10-14H2,2H3,(H,30,34)(H,31,32)/b19-4+,24-15-. The number of fused-ring (bicyclic) bond motifs is 2. The van der Waals surface area contributed by atoms with Crippen LogP contribution in [0.4, 0.5) is 21.6 Å². The highest BCUT2D eigenvalue weighted by Gasteiger charge is 2.37. The maximum atomic E-state index is 14.8. The first-order chi connectivity index (χ1) is 17.0. The van der Waals surface area contributed by atoms with Crippen LogP contribution in [-0.2, 0) is 11.3 Å². The summed E-state index contributed by atoms with van der Waals surface area (Å²) in [5.41, 5.74) is 2.35. The zero-order chi connectivity index (χ0) is 24.5. The maximum Gasteiger partial charge on any atom is 0.255 e. The van der Waals surface area contributed by atoms with Crippen molar-refractivity contribution in [2.45, 2.75) is 13.5 Å². The number of carbonyl (C=O) groups excluding carboxylic acids is 1. The van der Waals surface area contributed by atoms with Gasteiger partial charge >= 0.3 is 0 Å². The van der Waals surface area contributed by atoms with Gasteiger partial charge in [-0.3, -0.25) is 4.79 Å². The number of nitrogens with zero attached hydrogens (tertiary/aromatic N) is 4. The maximum absolute atomic E-state index is 14.8. The third-order valence-electron chi connectivity index (χ3n) is 6.67. The third-order valence-corrected chi connectivity index (χ3v) is 6.67. The van der Waals surface area contributed by atoms with E-state index in [2.05, 4.69) is 32.1 Å². The molecule has 5 rings (SSSR count). The van der Waals surface area contributed by atoms with E-state index in [1.807, 2.05) is 18.2 Å². The van der Waals surface area contributed by atoms with Crippen LogP contribution in [-0.4, -0.2) is 42.2 Å². The second-order valence-corrected chi connectivity index (χ2v) is 8.79. The quantitative estimate of drug-likeness (QED) is 0.486. The summed E-state index contributed by atoms with van der Waals surface area (Å²) in [5, 5.41) is 15.5. The van der Waals surface area contributed by atoms with E-state index >= 15 is 0 Å². The topological polar surface area (TPSA) is 103 Å². The van der Waals surface area contributed by atoms with Gasteiger partial charge in [-0.25, -0.2) is 14.4 Å². The molecule has 2 fully saturated rings. The highest BCUT2D eigenvalue weighted by Crippen LogP contribution is 2.35. The molecule has 8 nitrogen and oxygen atoms in total. The van der Waals surface area contributed by atoms with Crippen LogP contribution < -0.4 is 15.5 Å². The van der Waals surface area contributed by atoms with E-state index in [-0.39, 0.29) is 29.3 Å². The second-order valence-electron chi connectivity index (χ2n) is 8.79. The van der Waals surface area contributed by atoms with E-state index in [0.29, 0.717) is 34.5 Å². The predicted molar refractivity (Wildman–Crippen MR) is 131 cm³/mol. The predicted octanol–water partition coefficient (Wildman–Crippen LogP) is 3.88. The fourth-order valence-electron chi connectivity index (χ4n) is 4.87. The van der Waals surface area contributed by atoms with Crippen molar-refractivity contribution in [1.82, 2.24) is 15.3 Å². The van der Waals surface area contributed by atoms with Crippen LogP contribution in [0.3, 0.4) is 0 Å². The molecule has 2 atom stereocenters. The summed E-state index contributed by atoms with van der Waals surface area (Å²) in [6.45, 7) is 8.86. The Morgan fingerprint density at radius 3 is 2.77 bits per heavy atom. The Hall–Kier alpha value is -4.03. The van der Waals surface area contributed by atoms with Gasteiger partial charge in [-0.1, -0.05) is 18.7 Å². The highest BCUT2D eigenvalue weighted by molar-refractivity contribution is 6.04. The normalized spacial score (nSPS) is 21.7. The molecule has 1 amide bonds. The lowest BCUT2D eigenvalue weighted by atomic mass is 10.0. The van der Waals surface area contributed by atoms with Crippen molar-refractivity contribution in [2.75, 3.05) is 36.5 Å². The Morgan fingerprint density at radius 2 is 2.14 bits per heavy atom. The Kier molecular flexibility index (Phi) is 6.05. The van der Waals surface area contributed by atoms with Crippen LogP contribution >= 0.6 is 0 Å². The van der Waals surface area contributed by atoms with E-state index in [9.17, 15) is 14.4 Å². The van der Waals surface area contributed by atoms with Crippen molar-refractivity contribution in [3.8, 4) is 6.07 Å².